The van der Waals surface area contributed by atoms with Gasteiger partial charge in [0.2, 0.25) is 10.0 Å². The second kappa shape index (κ2) is 7.28. The lowest BCUT2D eigenvalue weighted by Crippen LogP contribution is -2.46. The number of sulfonamides is 1. The van der Waals surface area contributed by atoms with Gasteiger partial charge in [-0.3, -0.25) is 0 Å². The average Bonchev–Trinajstić information content (AvgIpc) is 2.86. The van der Waals surface area contributed by atoms with Crippen molar-refractivity contribution in [3.63, 3.8) is 0 Å². The molecule has 1 heterocycles. The normalized spacial score (nSPS) is 22.6. The topological polar surface area (TPSA) is 91.8 Å². The molecule has 0 aliphatic carbocycles. The molecular formula is C17H18ClNO5S2. The summed E-state index contributed by atoms with van der Waals surface area (Å²) in [6.45, 7) is -0.0386. The first-order chi connectivity index (χ1) is 12.2. The monoisotopic (exact) mass is 415 g/mol. The Morgan fingerprint density at radius 1 is 1.04 bits per heavy atom. The Labute approximate surface area is 158 Å². The largest absolute Gasteiger partial charge is 0.390 e. The van der Waals surface area contributed by atoms with Gasteiger partial charge in [-0.1, -0.05) is 41.9 Å². The first-order valence-electron chi connectivity index (χ1n) is 7.89. The van der Waals surface area contributed by atoms with Gasteiger partial charge in [-0.2, -0.15) is 4.31 Å². The standard InChI is InChI=1S/C17H18ClNO5S2/c18-14-6-8-15(9-7-14)26(23,24)19(10-13-4-2-1-3-5-13)16-11-25(21,22)12-17(16)20/h1-9,16-17,20H,10-12H2/t16-,17-/m0/s1. The van der Waals surface area contributed by atoms with Crippen molar-refractivity contribution in [2.24, 2.45) is 0 Å². The molecule has 3 rings (SSSR count). The quantitative estimate of drug-likeness (QED) is 0.802. The first-order valence-corrected chi connectivity index (χ1v) is 11.5. The molecule has 0 aromatic heterocycles. The van der Waals surface area contributed by atoms with E-state index in [0.29, 0.717) is 10.6 Å². The van der Waals surface area contributed by atoms with Gasteiger partial charge >= 0.3 is 0 Å². The Kier molecular flexibility index (Phi) is 5.41. The third-order valence-corrected chi connectivity index (χ3v) is 8.10. The van der Waals surface area contributed by atoms with Crippen molar-refractivity contribution in [2.45, 2.75) is 23.6 Å². The van der Waals surface area contributed by atoms with E-state index in [0.717, 1.165) is 4.31 Å². The fourth-order valence-corrected chi connectivity index (χ4v) is 6.63. The highest BCUT2D eigenvalue weighted by molar-refractivity contribution is 7.92. The number of nitrogens with zero attached hydrogens (tertiary/aromatic N) is 1. The van der Waals surface area contributed by atoms with Crippen LogP contribution in [-0.4, -0.2) is 49.9 Å². The van der Waals surface area contributed by atoms with Crippen molar-refractivity contribution in [1.82, 2.24) is 4.31 Å². The van der Waals surface area contributed by atoms with Gasteiger partial charge in [-0.05, 0) is 29.8 Å². The third kappa shape index (κ3) is 4.10. The van der Waals surface area contributed by atoms with E-state index in [1.54, 1.807) is 30.3 Å². The second-order valence-corrected chi connectivity index (χ2v) is 10.7. The summed E-state index contributed by atoms with van der Waals surface area (Å²) >= 11 is 5.83. The molecule has 2 atom stereocenters. The number of aliphatic hydroxyl groups is 1. The van der Waals surface area contributed by atoms with E-state index in [4.69, 9.17) is 11.6 Å². The highest BCUT2D eigenvalue weighted by Crippen LogP contribution is 2.28. The van der Waals surface area contributed by atoms with E-state index in [9.17, 15) is 21.9 Å². The highest BCUT2D eigenvalue weighted by atomic mass is 35.5. The summed E-state index contributed by atoms with van der Waals surface area (Å²) in [5.41, 5.74) is 0.696. The zero-order valence-electron chi connectivity index (χ0n) is 13.7. The van der Waals surface area contributed by atoms with E-state index in [1.807, 2.05) is 0 Å². The molecule has 2 aromatic rings. The van der Waals surface area contributed by atoms with Gasteiger partial charge in [0.25, 0.3) is 0 Å². The van der Waals surface area contributed by atoms with Crippen LogP contribution in [-0.2, 0) is 26.4 Å². The summed E-state index contributed by atoms with van der Waals surface area (Å²) in [5, 5.41) is 10.6. The van der Waals surface area contributed by atoms with Crippen molar-refractivity contribution in [2.75, 3.05) is 11.5 Å². The Balaban J connectivity index is 2.04. The van der Waals surface area contributed by atoms with Crippen LogP contribution >= 0.6 is 11.6 Å². The van der Waals surface area contributed by atoms with Crippen LogP contribution in [0, 0.1) is 0 Å². The first kappa shape index (κ1) is 19.3. The predicted molar refractivity (Wildman–Crippen MR) is 99.1 cm³/mol. The van der Waals surface area contributed by atoms with Gasteiger partial charge in [0, 0.05) is 11.6 Å². The van der Waals surface area contributed by atoms with Crippen molar-refractivity contribution >= 4 is 31.5 Å². The molecule has 26 heavy (non-hydrogen) atoms. The molecule has 6 nitrogen and oxygen atoms in total. The minimum absolute atomic E-state index is 0.00525. The Hall–Kier alpha value is -1.45. The summed E-state index contributed by atoms with van der Waals surface area (Å²) < 4.78 is 51.2. The SMILES string of the molecule is O=S1(=O)C[C@H](O)[C@@H](N(Cc2ccccc2)S(=O)(=O)c2ccc(Cl)cc2)C1. The summed E-state index contributed by atoms with van der Waals surface area (Å²) in [6.07, 6.45) is -1.27. The maximum Gasteiger partial charge on any atom is 0.243 e. The highest BCUT2D eigenvalue weighted by Gasteiger charge is 2.44. The number of rotatable bonds is 5. The Morgan fingerprint density at radius 2 is 1.65 bits per heavy atom. The average molecular weight is 416 g/mol. The molecule has 0 bridgehead atoms. The van der Waals surface area contributed by atoms with Crippen LogP contribution in [0.4, 0.5) is 0 Å². The predicted octanol–water partition coefficient (Wildman–Crippen LogP) is 1.69. The molecule has 0 amide bonds. The van der Waals surface area contributed by atoms with Gasteiger partial charge in [-0.25, -0.2) is 16.8 Å². The minimum atomic E-state index is -4.03. The number of sulfone groups is 1. The lowest BCUT2D eigenvalue weighted by atomic mass is 10.2. The van der Waals surface area contributed by atoms with Crippen LogP contribution in [0.5, 0.6) is 0 Å². The zero-order chi connectivity index (χ0) is 18.9. The number of aliphatic hydroxyl groups excluding tert-OH is 1. The van der Waals surface area contributed by atoms with E-state index >= 15 is 0 Å². The molecule has 0 unspecified atom stereocenters. The van der Waals surface area contributed by atoms with Gasteiger partial charge in [0.05, 0.1) is 28.5 Å². The van der Waals surface area contributed by atoms with Crippen LogP contribution in [0.25, 0.3) is 0 Å². The van der Waals surface area contributed by atoms with Gasteiger partial charge in [0.1, 0.15) is 0 Å². The van der Waals surface area contributed by atoms with E-state index in [1.165, 1.54) is 24.3 Å². The zero-order valence-corrected chi connectivity index (χ0v) is 16.1. The van der Waals surface area contributed by atoms with Gasteiger partial charge < -0.3 is 5.11 Å². The molecule has 140 valence electrons. The molecule has 1 aliphatic rings. The van der Waals surface area contributed by atoms with E-state index < -0.39 is 43.5 Å². The fraction of sp³-hybridized carbons (Fsp3) is 0.294. The molecule has 0 spiro atoms. The van der Waals surface area contributed by atoms with Crippen molar-refractivity contribution in [3.8, 4) is 0 Å². The third-order valence-electron chi connectivity index (χ3n) is 4.26. The molecule has 9 heteroatoms. The summed E-state index contributed by atoms with van der Waals surface area (Å²) in [5.74, 6) is -0.854. The number of benzene rings is 2. The molecule has 0 saturated carbocycles. The fourth-order valence-electron chi connectivity index (χ4n) is 2.97. The minimum Gasteiger partial charge on any atom is -0.390 e. The number of hydrogen-bond donors (Lipinski definition) is 1. The lowest BCUT2D eigenvalue weighted by Gasteiger charge is -2.29. The molecule has 1 N–H and O–H groups in total. The summed E-state index contributed by atoms with van der Waals surface area (Å²) in [7, 11) is -7.54. The van der Waals surface area contributed by atoms with E-state index in [2.05, 4.69) is 0 Å². The van der Waals surface area contributed by atoms with Crippen LogP contribution < -0.4 is 0 Å². The molecule has 1 aliphatic heterocycles. The molecule has 1 fully saturated rings. The van der Waals surface area contributed by atoms with Crippen LogP contribution in [0.2, 0.25) is 5.02 Å². The molecule has 0 radical (unpaired) electrons. The maximum atomic E-state index is 13.2. The van der Waals surface area contributed by atoms with Crippen molar-refractivity contribution in [3.05, 3.63) is 65.2 Å². The molecule has 2 aromatic carbocycles. The van der Waals surface area contributed by atoms with Crippen LogP contribution in [0.15, 0.2) is 59.5 Å². The number of hydrogen-bond acceptors (Lipinski definition) is 5. The molecular weight excluding hydrogens is 398 g/mol. The Morgan fingerprint density at radius 3 is 2.19 bits per heavy atom. The van der Waals surface area contributed by atoms with Crippen LogP contribution in [0.1, 0.15) is 5.56 Å². The Bertz CT molecular complexity index is 976. The van der Waals surface area contributed by atoms with Crippen molar-refractivity contribution < 1.29 is 21.9 Å². The summed E-state index contributed by atoms with van der Waals surface area (Å²) in [4.78, 5) is -0.00525. The summed E-state index contributed by atoms with van der Waals surface area (Å²) in [6, 6.07) is 13.4. The maximum absolute atomic E-state index is 13.2. The molecule has 1 saturated heterocycles. The van der Waals surface area contributed by atoms with E-state index in [-0.39, 0.29) is 11.4 Å². The van der Waals surface area contributed by atoms with Gasteiger partial charge in [-0.15, -0.1) is 0 Å². The second-order valence-electron chi connectivity index (χ2n) is 6.20. The van der Waals surface area contributed by atoms with Crippen molar-refractivity contribution in [1.29, 1.82) is 0 Å². The lowest BCUT2D eigenvalue weighted by molar-refractivity contribution is 0.125. The number of halogens is 1. The smallest absolute Gasteiger partial charge is 0.243 e. The van der Waals surface area contributed by atoms with Crippen LogP contribution in [0.3, 0.4) is 0 Å². The van der Waals surface area contributed by atoms with Gasteiger partial charge in [0.15, 0.2) is 9.84 Å².